The van der Waals surface area contributed by atoms with Crippen LogP contribution in [0.3, 0.4) is 0 Å². The van der Waals surface area contributed by atoms with Gasteiger partial charge in [0.1, 0.15) is 5.82 Å². The summed E-state index contributed by atoms with van der Waals surface area (Å²) < 4.78 is 2.10. The zero-order valence-corrected chi connectivity index (χ0v) is 16.0. The van der Waals surface area contributed by atoms with Gasteiger partial charge in [0.15, 0.2) is 5.78 Å². The molecule has 1 aliphatic carbocycles. The van der Waals surface area contributed by atoms with Crippen molar-refractivity contribution in [3.05, 3.63) is 89.2 Å². The molecular formula is C24H19N3O2. The van der Waals surface area contributed by atoms with E-state index >= 15 is 0 Å². The molecule has 0 saturated carbocycles. The lowest BCUT2D eigenvalue weighted by molar-refractivity contribution is 0.0952. The topological polar surface area (TPSA) is 64.0 Å². The molecule has 0 unspecified atom stereocenters. The van der Waals surface area contributed by atoms with Gasteiger partial charge in [-0.05, 0) is 42.3 Å². The van der Waals surface area contributed by atoms with Crippen molar-refractivity contribution in [2.75, 3.05) is 6.54 Å². The molecule has 3 aromatic carbocycles. The Morgan fingerprint density at radius 1 is 0.931 bits per heavy atom. The zero-order chi connectivity index (χ0) is 20.0. The van der Waals surface area contributed by atoms with E-state index in [1.807, 2.05) is 61.5 Å². The van der Waals surface area contributed by atoms with Crippen LogP contribution >= 0.6 is 0 Å². The minimum atomic E-state index is -0.182. The van der Waals surface area contributed by atoms with E-state index in [1.165, 1.54) is 0 Å². The Labute approximate surface area is 168 Å². The monoisotopic (exact) mass is 381 g/mol. The lowest BCUT2D eigenvalue weighted by Crippen LogP contribution is -2.27. The van der Waals surface area contributed by atoms with E-state index in [4.69, 9.17) is 0 Å². The van der Waals surface area contributed by atoms with Gasteiger partial charge >= 0.3 is 0 Å². The average Bonchev–Trinajstić information content (AvgIpc) is 3.22. The van der Waals surface area contributed by atoms with Crippen molar-refractivity contribution in [3.63, 3.8) is 0 Å². The highest BCUT2D eigenvalue weighted by Gasteiger charge is 2.26. The number of carbonyl (C=O) groups excluding carboxylic acids is 2. The van der Waals surface area contributed by atoms with Crippen molar-refractivity contribution in [1.82, 2.24) is 14.9 Å². The SMILES string of the molecule is Cc1nc2ccccc2n1CCNC(=O)c1ccc2c(c1)C(=O)c1ccccc1-2. The molecule has 0 atom stereocenters. The number of nitrogens with zero attached hydrogens (tertiary/aromatic N) is 2. The number of nitrogens with one attached hydrogen (secondary N) is 1. The van der Waals surface area contributed by atoms with Crippen molar-refractivity contribution >= 4 is 22.7 Å². The minimum absolute atomic E-state index is 0.0224. The molecule has 142 valence electrons. The summed E-state index contributed by atoms with van der Waals surface area (Å²) in [7, 11) is 0. The standard InChI is InChI=1S/C24H19N3O2/c1-15-26-21-8-4-5-9-22(21)27(15)13-12-25-24(29)16-10-11-18-17-6-2-3-7-19(17)23(28)20(18)14-16/h2-11,14H,12-13H2,1H3,(H,25,29). The maximum Gasteiger partial charge on any atom is 0.251 e. The summed E-state index contributed by atoms with van der Waals surface area (Å²) >= 11 is 0. The van der Waals surface area contributed by atoms with Gasteiger partial charge in [-0.15, -0.1) is 0 Å². The quantitative estimate of drug-likeness (QED) is 0.512. The number of fused-ring (bicyclic) bond motifs is 4. The number of amides is 1. The van der Waals surface area contributed by atoms with Crippen LogP contribution in [0.2, 0.25) is 0 Å². The van der Waals surface area contributed by atoms with Gasteiger partial charge in [0.25, 0.3) is 5.91 Å². The van der Waals surface area contributed by atoms with Crippen LogP contribution in [0.15, 0.2) is 66.7 Å². The lowest BCUT2D eigenvalue weighted by atomic mass is 10.0. The molecule has 5 nitrogen and oxygen atoms in total. The zero-order valence-electron chi connectivity index (χ0n) is 16.0. The summed E-state index contributed by atoms with van der Waals surface area (Å²) in [5, 5.41) is 2.96. The van der Waals surface area contributed by atoms with Crippen molar-refractivity contribution in [2.24, 2.45) is 0 Å². The van der Waals surface area contributed by atoms with E-state index in [9.17, 15) is 9.59 Å². The summed E-state index contributed by atoms with van der Waals surface area (Å²) in [6.07, 6.45) is 0. The Kier molecular flexibility index (Phi) is 4.02. The van der Waals surface area contributed by atoms with E-state index in [-0.39, 0.29) is 11.7 Å². The van der Waals surface area contributed by atoms with Crippen LogP contribution in [0.4, 0.5) is 0 Å². The molecule has 5 heteroatoms. The molecule has 29 heavy (non-hydrogen) atoms. The number of para-hydroxylation sites is 2. The maximum absolute atomic E-state index is 12.7. The van der Waals surface area contributed by atoms with Crippen LogP contribution in [-0.2, 0) is 6.54 Å². The van der Waals surface area contributed by atoms with Gasteiger partial charge in [0.05, 0.1) is 11.0 Å². The molecule has 0 saturated heterocycles. The summed E-state index contributed by atoms with van der Waals surface area (Å²) in [6, 6.07) is 20.9. The number of hydrogen-bond donors (Lipinski definition) is 1. The minimum Gasteiger partial charge on any atom is -0.350 e. The number of benzene rings is 3. The maximum atomic E-state index is 12.7. The summed E-state index contributed by atoms with van der Waals surface area (Å²) in [5.41, 5.74) is 5.62. The molecule has 0 aliphatic heterocycles. The fourth-order valence-electron chi connectivity index (χ4n) is 4.03. The highest BCUT2D eigenvalue weighted by Crippen LogP contribution is 2.36. The van der Waals surface area contributed by atoms with Gasteiger partial charge < -0.3 is 9.88 Å². The van der Waals surface area contributed by atoms with E-state index in [0.717, 1.165) is 28.0 Å². The highest BCUT2D eigenvalue weighted by atomic mass is 16.1. The second-order valence-corrected chi connectivity index (χ2v) is 7.19. The fourth-order valence-corrected chi connectivity index (χ4v) is 4.03. The molecule has 1 aromatic heterocycles. The normalized spacial score (nSPS) is 12.1. The highest BCUT2D eigenvalue weighted by molar-refractivity contribution is 6.22. The molecule has 5 rings (SSSR count). The summed E-state index contributed by atoms with van der Waals surface area (Å²) in [6.45, 7) is 3.07. The Morgan fingerprint density at radius 2 is 1.66 bits per heavy atom. The van der Waals surface area contributed by atoms with Gasteiger partial charge in [-0.3, -0.25) is 9.59 Å². The van der Waals surface area contributed by atoms with E-state index in [2.05, 4.69) is 14.9 Å². The molecule has 0 fully saturated rings. The van der Waals surface area contributed by atoms with Gasteiger partial charge in [0, 0.05) is 29.8 Å². The van der Waals surface area contributed by atoms with E-state index in [1.54, 1.807) is 12.1 Å². The van der Waals surface area contributed by atoms with Crippen LogP contribution in [-0.4, -0.2) is 27.8 Å². The predicted molar refractivity (Wildman–Crippen MR) is 112 cm³/mol. The molecular weight excluding hydrogens is 362 g/mol. The average molecular weight is 381 g/mol. The Bertz CT molecular complexity index is 1290. The third-order valence-electron chi connectivity index (χ3n) is 5.45. The second-order valence-electron chi connectivity index (χ2n) is 7.19. The largest absolute Gasteiger partial charge is 0.350 e. The van der Waals surface area contributed by atoms with Crippen LogP contribution in [0.1, 0.15) is 32.1 Å². The van der Waals surface area contributed by atoms with Crippen LogP contribution < -0.4 is 5.32 Å². The summed E-state index contributed by atoms with van der Waals surface area (Å²) in [5.74, 6) is 0.714. The second kappa shape index (κ2) is 6.71. The molecule has 1 N–H and O–H groups in total. The first kappa shape index (κ1) is 17.4. The molecule has 1 aliphatic rings. The van der Waals surface area contributed by atoms with Crippen LogP contribution in [0.5, 0.6) is 0 Å². The predicted octanol–water partition coefficient (Wildman–Crippen LogP) is 3.99. The Hall–Kier alpha value is -3.73. The first-order valence-corrected chi connectivity index (χ1v) is 9.62. The first-order valence-electron chi connectivity index (χ1n) is 9.62. The summed E-state index contributed by atoms with van der Waals surface area (Å²) in [4.78, 5) is 29.9. The Morgan fingerprint density at radius 3 is 2.52 bits per heavy atom. The van der Waals surface area contributed by atoms with Gasteiger partial charge in [-0.1, -0.05) is 42.5 Å². The smallest absolute Gasteiger partial charge is 0.251 e. The number of carbonyl (C=O) groups is 2. The molecule has 0 radical (unpaired) electrons. The third kappa shape index (κ3) is 2.83. The Balaban J connectivity index is 1.32. The molecule has 0 spiro atoms. The molecule has 1 amide bonds. The number of ketones is 1. The van der Waals surface area contributed by atoms with E-state index in [0.29, 0.717) is 29.8 Å². The molecule has 4 aromatic rings. The van der Waals surface area contributed by atoms with Gasteiger partial charge in [-0.25, -0.2) is 4.98 Å². The van der Waals surface area contributed by atoms with E-state index < -0.39 is 0 Å². The number of hydrogen-bond acceptors (Lipinski definition) is 3. The molecule has 0 bridgehead atoms. The number of rotatable bonds is 4. The van der Waals surface area contributed by atoms with Crippen molar-refractivity contribution < 1.29 is 9.59 Å². The van der Waals surface area contributed by atoms with Crippen molar-refractivity contribution in [2.45, 2.75) is 13.5 Å². The first-order chi connectivity index (χ1) is 14.1. The lowest BCUT2D eigenvalue weighted by Gasteiger charge is -2.09. The number of aromatic nitrogens is 2. The van der Waals surface area contributed by atoms with Crippen LogP contribution in [0.25, 0.3) is 22.2 Å². The third-order valence-corrected chi connectivity index (χ3v) is 5.45. The van der Waals surface area contributed by atoms with Crippen molar-refractivity contribution in [3.8, 4) is 11.1 Å². The number of imidazole rings is 1. The number of aryl methyl sites for hydroxylation is 1. The van der Waals surface area contributed by atoms with Gasteiger partial charge in [0.2, 0.25) is 0 Å². The van der Waals surface area contributed by atoms with Crippen molar-refractivity contribution in [1.29, 1.82) is 0 Å². The van der Waals surface area contributed by atoms with Gasteiger partial charge in [-0.2, -0.15) is 0 Å². The van der Waals surface area contributed by atoms with Crippen LogP contribution in [0, 0.1) is 6.92 Å². The molecule has 1 heterocycles. The fraction of sp³-hybridized carbons (Fsp3) is 0.125.